The summed E-state index contributed by atoms with van der Waals surface area (Å²) in [6.45, 7) is 28.5. The number of urea groups is 1. The first kappa shape index (κ1) is 40.8. The second-order valence-electron chi connectivity index (χ2n) is 22.1. The molecule has 7 nitrogen and oxygen atoms in total. The van der Waals surface area contributed by atoms with E-state index in [2.05, 4.69) is 55.0 Å². The molecule has 0 aromatic carbocycles. The van der Waals surface area contributed by atoms with Gasteiger partial charge in [0.05, 0.1) is 39.6 Å². The van der Waals surface area contributed by atoms with Crippen LogP contribution in [0.1, 0.15) is 165 Å². The maximum absolute atomic E-state index is 14.1. The number of nitrogens with two attached hydrogens (primary N) is 1. The van der Waals surface area contributed by atoms with Crippen molar-refractivity contribution < 1.29 is 28.3 Å². The van der Waals surface area contributed by atoms with Crippen LogP contribution >= 0.6 is 0 Å². The molecule has 53 heavy (non-hydrogen) atoms. The summed E-state index contributed by atoms with van der Waals surface area (Å²) in [6.07, 6.45) is 16.1. The number of quaternary nitrogens is 1. The number of primary amides is 1. The minimum atomic E-state index is -0.656. The van der Waals surface area contributed by atoms with Gasteiger partial charge in [-0.15, -0.1) is 0 Å². The highest BCUT2D eigenvalue weighted by Crippen LogP contribution is 2.78. The molecule has 6 fully saturated rings. The number of amides is 2. The topological polar surface area (TPSA) is 95.7 Å². The van der Waals surface area contributed by atoms with E-state index in [1.165, 1.54) is 57.6 Å². The maximum atomic E-state index is 14.1. The van der Waals surface area contributed by atoms with Gasteiger partial charge in [0.25, 0.3) is 0 Å². The molecule has 10 atom stereocenters. The summed E-state index contributed by atoms with van der Waals surface area (Å²) < 4.78 is 12.3. The Morgan fingerprint density at radius 2 is 1.47 bits per heavy atom. The molecule has 2 amide bonds. The molecule has 0 bridgehead atoms. The molecule has 5 saturated carbocycles. The second kappa shape index (κ2) is 13.6. The van der Waals surface area contributed by atoms with Crippen LogP contribution in [0.5, 0.6) is 0 Å². The summed E-state index contributed by atoms with van der Waals surface area (Å²) in [4.78, 5) is 39.2. The van der Waals surface area contributed by atoms with E-state index < -0.39 is 11.0 Å². The summed E-state index contributed by atoms with van der Waals surface area (Å²) in [6, 6.07) is -0.223. The Bertz CT molecular complexity index is 1460. The van der Waals surface area contributed by atoms with Crippen LogP contribution in [0.15, 0.2) is 12.2 Å². The molecular formula is C46H77N2O5+. The molecule has 2 N–H and O–H groups in total. The lowest BCUT2D eigenvalue weighted by Gasteiger charge is -2.74. The van der Waals surface area contributed by atoms with Crippen LogP contribution in [0.25, 0.3) is 0 Å². The lowest BCUT2D eigenvalue weighted by atomic mass is 9.31. The summed E-state index contributed by atoms with van der Waals surface area (Å²) in [5.74, 6) is 2.67. The number of allylic oxidation sites excluding steroid dienone is 1. The van der Waals surface area contributed by atoms with Crippen LogP contribution in [-0.2, 0) is 19.1 Å². The van der Waals surface area contributed by atoms with Crippen LogP contribution in [-0.4, -0.2) is 54.8 Å². The highest BCUT2D eigenvalue weighted by atomic mass is 16.6. The van der Waals surface area contributed by atoms with E-state index in [4.69, 9.17) is 15.2 Å². The summed E-state index contributed by atoms with van der Waals surface area (Å²) >= 11 is 0. The van der Waals surface area contributed by atoms with Crippen molar-refractivity contribution in [2.45, 2.75) is 171 Å². The van der Waals surface area contributed by atoms with Crippen LogP contribution < -0.4 is 5.73 Å². The third kappa shape index (κ3) is 6.35. The second-order valence-corrected chi connectivity index (χ2v) is 22.1. The van der Waals surface area contributed by atoms with Crippen molar-refractivity contribution in [1.29, 1.82) is 0 Å². The van der Waals surface area contributed by atoms with Gasteiger partial charge in [-0.2, -0.15) is 0 Å². The smallest absolute Gasteiger partial charge is 0.414 e. The molecular weight excluding hydrogens is 661 g/mol. The van der Waals surface area contributed by atoms with Crippen molar-refractivity contribution in [1.82, 2.24) is 0 Å². The minimum Gasteiger partial charge on any atom is -0.469 e. The van der Waals surface area contributed by atoms with Gasteiger partial charge >= 0.3 is 18.0 Å². The lowest BCUT2D eigenvalue weighted by Crippen LogP contribution is -2.69. The lowest BCUT2D eigenvalue weighted by molar-refractivity contribution is -0.837. The molecule has 1 heterocycles. The molecule has 0 unspecified atom stereocenters. The molecule has 6 aliphatic rings. The van der Waals surface area contributed by atoms with E-state index in [1.807, 2.05) is 13.8 Å². The monoisotopic (exact) mass is 738 g/mol. The minimum absolute atomic E-state index is 0.144. The largest absolute Gasteiger partial charge is 0.469 e. The molecule has 1 aliphatic heterocycles. The third-order valence-electron chi connectivity index (χ3n) is 18.7. The van der Waals surface area contributed by atoms with Gasteiger partial charge in [-0.25, -0.2) is 9.28 Å². The van der Waals surface area contributed by atoms with Gasteiger partial charge in [-0.3, -0.25) is 9.59 Å². The third-order valence-corrected chi connectivity index (χ3v) is 18.7. The SMILES string of the molecule is C=C(C)[C@@H]1CC[C@]2(C)CC[C@]3(C)[C@H](CC[C@@H]4[C@@]5(C)CC[C@](CCC[N+]6(C(N)=O)CCCC6)(OC(=O)CC(C)(C)CC(=O)OC)C(C)(C)[C@@H]5CC[C@]43C)[C@@H]12. The number of likely N-dealkylation sites (tertiary alicyclic amines) is 1. The Labute approximate surface area is 322 Å². The number of hydrogen-bond donors (Lipinski definition) is 1. The molecule has 0 aromatic rings. The predicted molar refractivity (Wildman–Crippen MR) is 211 cm³/mol. The van der Waals surface area contributed by atoms with Crippen molar-refractivity contribution >= 4 is 18.0 Å². The van der Waals surface area contributed by atoms with E-state index in [1.54, 1.807) is 0 Å². The number of carbonyl (C=O) groups is 3. The van der Waals surface area contributed by atoms with Gasteiger partial charge in [0.15, 0.2) is 0 Å². The number of esters is 2. The first-order valence-corrected chi connectivity index (χ1v) is 21.7. The number of nitrogens with zero attached hydrogens (tertiary/aromatic N) is 1. The first-order chi connectivity index (χ1) is 24.6. The van der Waals surface area contributed by atoms with E-state index >= 15 is 0 Å². The molecule has 7 heteroatoms. The number of hydrogen-bond acceptors (Lipinski definition) is 5. The van der Waals surface area contributed by atoms with E-state index in [0.29, 0.717) is 39.6 Å². The van der Waals surface area contributed by atoms with Gasteiger partial charge in [-0.05, 0) is 134 Å². The average molecular weight is 738 g/mol. The summed E-state index contributed by atoms with van der Waals surface area (Å²) in [7, 11) is 1.40. The normalized spacial score (nSPS) is 42.7. The van der Waals surface area contributed by atoms with Crippen molar-refractivity contribution in [2.75, 3.05) is 26.7 Å². The van der Waals surface area contributed by atoms with E-state index in [-0.39, 0.29) is 47.1 Å². The fourth-order valence-corrected chi connectivity index (χ4v) is 15.5. The highest BCUT2D eigenvalue weighted by molar-refractivity contribution is 5.74. The molecule has 5 aliphatic carbocycles. The van der Waals surface area contributed by atoms with Gasteiger partial charge < -0.3 is 15.2 Å². The average Bonchev–Trinajstić information content (AvgIpc) is 3.68. The quantitative estimate of drug-likeness (QED) is 0.137. The molecule has 300 valence electrons. The van der Waals surface area contributed by atoms with Crippen LogP contribution in [0, 0.1) is 62.1 Å². The van der Waals surface area contributed by atoms with Gasteiger partial charge in [0.1, 0.15) is 5.60 Å². The molecule has 6 rings (SSSR count). The molecule has 1 saturated heterocycles. The summed E-state index contributed by atoms with van der Waals surface area (Å²) in [5.41, 5.74) is 7.12. The van der Waals surface area contributed by atoms with Crippen LogP contribution in [0.2, 0.25) is 0 Å². The molecule has 0 spiro atoms. The molecule has 0 radical (unpaired) electrons. The number of ether oxygens (including phenoxy) is 2. The van der Waals surface area contributed by atoms with E-state index in [9.17, 15) is 14.4 Å². The Balaban J connectivity index is 1.30. The number of fused-ring (bicyclic) bond motifs is 7. The van der Waals surface area contributed by atoms with Crippen molar-refractivity contribution in [3.05, 3.63) is 12.2 Å². The zero-order valence-corrected chi connectivity index (χ0v) is 35.6. The first-order valence-electron chi connectivity index (χ1n) is 21.7. The van der Waals surface area contributed by atoms with Crippen molar-refractivity contribution in [3.8, 4) is 0 Å². The number of methoxy groups -OCH3 is 1. The highest BCUT2D eigenvalue weighted by Gasteiger charge is 2.72. The standard InChI is InChI=1S/C46H76N2O5/c1-31(2)32-17-20-42(7)22-24-44(9)33(38(32)42)15-16-35-43(8)23-25-46(41(5,6)34(43)18-21-45(35,44)10,19-14-28-48(39(47)51)26-12-13-27-48)53-37(50)30-40(3,4)29-36(49)52-11/h32-35,38H,1,12-30H2,2-11H3,(H-,47,51)/p+1/t32-,33+,34-,35+,38+,42+,43-,44+,45+,46-/m0/s1. The number of carbonyl (C=O) groups excluding carboxylic acids is 3. The zero-order valence-electron chi connectivity index (χ0n) is 35.6. The predicted octanol–water partition coefficient (Wildman–Crippen LogP) is 10.4. The van der Waals surface area contributed by atoms with Crippen LogP contribution in [0.3, 0.4) is 0 Å². The van der Waals surface area contributed by atoms with Crippen LogP contribution in [0.4, 0.5) is 4.79 Å². The zero-order chi connectivity index (χ0) is 39.0. The van der Waals surface area contributed by atoms with Crippen molar-refractivity contribution in [3.63, 3.8) is 0 Å². The van der Waals surface area contributed by atoms with E-state index in [0.717, 1.165) is 69.9 Å². The molecule has 0 aromatic heterocycles. The fourth-order valence-electron chi connectivity index (χ4n) is 15.5. The number of rotatable bonds is 10. The Morgan fingerprint density at radius 1 is 0.811 bits per heavy atom. The Morgan fingerprint density at radius 3 is 2.09 bits per heavy atom. The summed E-state index contributed by atoms with van der Waals surface area (Å²) in [5, 5.41) is 0. The van der Waals surface area contributed by atoms with Crippen molar-refractivity contribution in [2.24, 2.45) is 67.8 Å². The van der Waals surface area contributed by atoms with Gasteiger partial charge in [0.2, 0.25) is 0 Å². The maximum Gasteiger partial charge on any atom is 0.414 e. The fraction of sp³-hybridized carbons (Fsp3) is 0.891. The van der Waals surface area contributed by atoms with Gasteiger partial charge in [0, 0.05) is 24.7 Å². The Hall–Kier alpha value is -1.89. The Kier molecular flexibility index (Phi) is 10.5. The van der Waals surface area contributed by atoms with Gasteiger partial charge in [-0.1, -0.05) is 67.5 Å².